The zero-order valence-corrected chi connectivity index (χ0v) is 18.8. The van der Waals surface area contributed by atoms with E-state index in [1.807, 2.05) is 12.1 Å². The summed E-state index contributed by atoms with van der Waals surface area (Å²) in [6, 6.07) is 10.4. The first kappa shape index (κ1) is 22.1. The van der Waals surface area contributed by atoms with Crippen molar-refractivity contribution in [2.45, 2.75) is 89.6 Å². The number of ether oxygens (including phenoxy) is 1. The molecule has 0 aliphatic heterocycles. The van der Waals surface area contributed by atoms with Crippen LogP contribution >= 0.6 is 0 Å². The van der Waals surface area contributed by atoms with Gasteiger partial charge in [-0.15, -0.1) is 0 Å². The molecule has 1 heterocycles. The van der Waals surface area contributed by atoms with E-state index < -0.39 is 11.4 Å². The lowest BCUT2D eigenvalue weighted by Crippen LogP contribution is -2.56. The Morgan fingerprint density at radius 1 is 1.03 bits per heavy atom. The highest BCUT2D eigenvalue weighted by Gasteiger charge is 2.52. The van der Waals surface area contributed by atoms with Crippen molar-refractivity contribution >= 4 is 16.9 Å². The second kappa shape index (κ2) is 9.56. The fourth-order valence-electron chi connectivity index (χ4n) is 5.28. The number of rotatable bonds is 11. The average Bonchev–Trinajstić information content (AvgIpc) is 2.81. The molecule has 2 bridgehead atoms. The summed E-state index contributed by atoms with van der Waals surface area (Å²) < 4.78 is 5.93. The van der Waals surface area contributed by atoms with Gasteiger partial charge in [-0.2, -0.15) is 0 Å². The monoisotopic (exact) mass is 424 g/mol. The molecule has 5 heteroatoms. The summed E-state index contributed by atoms with van der Waals surface area (Å²) in [5.74, 6) is 0.317. The number of benzene rings is 1. The summed E-state index contributed by atoms with van der Waals surface area (Å²) >= 11 is 0. The van der Waals surface area contributed by atoms with Crippen molar-refractivity contribution in [1.82, 2.24) is 10.3 Å². The molecule has 3 aliphatic rings. The van der Waals surface area contributed by atoms with E-state index in [0.717, 1.165) is 80.4 Å². The van der Waals surface area contributed by atoms with E-state index in [1.165, 1.54) is 25.7 Å². The Morgan fingerprint density at radius 3 is 2.48 bits per heavy atom. The minimum absolute atomic E-state index is 0.0860. The van der Waals surface area contributed by atoms with Gasteiger partial charge in [0.15, 0.2) is 0 Å². The standard InChI is InChI=1S/C26H36N2O3/c1-2-3-4-5-6-17-31-22-9-10-23-20(18-22)7-8-21(28-23)19-27-26-14-11-25(12-15-26,13-16-26)24(29)30/h7-10,18,27H,2-6,11-17,19H2,1H3,(H,29,30). The van der Waals surface area contributed by atoms with Crippen molar-refractivity contribution in [1.29, 1.82) is 0 Å². The number of aliphatic carboxylic acids is 1. The minimum atomic E-state index is -0.600. The average molecular weight is 425 g/mol. The number of hydrogen-bond donors (Lipinski definition) is 2. The summed E-state index contributed by atoms with van der Waals surface area (Å²) in [6.07, 6.45) is 11.4. The summed E-state index contributed by atoms with van der Waals surface area (Å²) in [4.78, 5) is 16.5. The fraction of sp³-hybridized carbons (Fsp3) is 0.615. The van der Waals surface area contributed by atoms with Crippen LogP contribution in [0.3, 0.4) is 0 Å². The third kappa shape index (κ3) is 5.03. The zero-order valence-electron chi connectivity index (χ0n) is 18.8. The number of hydrogen-bond acceptors (Lipinski definition) is 4. The van der Waals surface area contributed by atoms with Gasteiger partial charge in [-0.25, -0.2) is 0 Å². The Kier molecular flexibility index (Phi) is 6.80. The van der Waals surface area contributed by atoms with Crippen LogP contribution in [0.4, 0.5) is 0 Å². The van der Waals surface area contributed by atoms with Gasteiger partial charge in [-0.05, 0) is 69.2 Å². The Bertz CT molecular complexity index is 886. The third-order valence-electron chi connectivity index (χ3n) is 7.58. The van der Waals surface area contributed by atoms with Gasteiger partial charge >= 0.3 is 5.97 Å². The maximum absolute atomic E-state index is 11.6. The van der Waals surface area contributed by atoms with Crippen molar-refractivity contribution in [2.75, 3.05) is 6.61 Å². The summed E-state index contributed by atoms with van der Waals surface area (Å²) in [7, 11) is 0. The number of pyridine rings is 1. The van der Waals surface area contributed by atoms with E-state index in [2.05, 4.69) is 30.4 Å². The molecule has 5 rings (SSSR count). The molecule has 3 saturated carbocycles. The Hall–Kier alpha value is -2.14. The second-order valence-corrected chi connectivity index (χ2v) is 9.64. The lowest BCUT2D eigenvalue weighted by atomic mass is 9.57. The first-order chi connectivity index (χ1) is 15.0. The van der Waals surface area contributed by atoms with Gasteiger partial charge < -0.3 is 15.2 Å². The largest absolute Gasteiger partial charge is 0.494 e. The molecule has 168 valence electrons. The molecule has 5 nitrogen and oxygen atoms in total. The van der Waals surface area contributed by atoms with E-state index in [0.29, 0.717) is 0 Å². The summed E-state index contributed by atoms with van der Waals surface area (Å²) in [6.45, 7) is 3.74. The maximum atomic E-state index is 11.6. The number of aromatic nitrogens is 1. The number of carboxylic acid groups (broad SMARTS) is 1. The van der Waals surface area contributed by atoms with Gasteiger partial charge in [-0.1, -0.05) is 38.7 Å². The van der Waals surface area contributed by atoms with Crippen LogP contribution in [0.2, 0.25) is 0 Å². The molecule has 0 spiro atoms. The van der Waals surface area contributed by atoms with Gasteiger partial charge in [0, 0.05) is 17.5 Å². The molecule has 2 aromatic rings. The van der Waals surface area contributed by atoms with E-state index in [9.17, 15) is 9.90 Å². The Labute approximate surface area is 185 Å². The zero-order chi connectivity index (χ0) is 21.7. The number of carbonyl (C=O) groups is 1. The molecule has 0 saturated heterocycles. The smallest absolute Gasteiger partial charge is 0.309 e. The van der Waals surface area contributed by atoms with Crippen LogP contribution in [0.5, 0.6) is 5.75 Å². The number of nitrogens with zero attached hydrogens (tertiary/aromatic N) is 1. The van der Waals surface area contributed by atoms with Crippen LogP contribution in [-0.4, -0.2) is 28.2 Å². The van der Waals surface area contributed by atoms with Gasteiger partial charge in [0.25, 0.3) is 0 Å². The molecule has 31 heavy (non-hydrogen) atoms. The van der Waals surface area contributed by atoms with Crippen molar-refractivity contribution in [2.24, 2.45) is 5.41 Å². The number of nitrogens with one attached hydrogen (secondary N) is 1. The fourth-order valence-corrected chi connectivity index (χ4v) is 5.28. The predicted molar refractivity (Wildman–Crippen MR) is 123 cm³/mol. The number of carboxylic acids is 1. The van der Waals surface area contributed by atoms with Crippen molar-refractivity contribution in [3.05, 3.63) is 36.0 Å². The lowest BCUT2D eigenvalue weighted by Gasteiger charge is -2.51. The van der Waals surface area contributed by atoms with E-state index in [-0.39, 0.29) is 5.54 Å². The van der Waals surface area contributed by atoms with Crippen LogP contribution in [0.1, 0.15) is 83.2 Å². The van der Waals surface area contributed by atoms with Gasteiger partial charge in [0.05, 0.1) is 23.2 Å². The Balaban J connectivity index is 1.30. The van der Waals surface area contributed by atoms with E-state index in [1.54, 1.807) is 0 Å². The Morgan fingerprint density at radius 2 is 1.77 bits per heavy atom. The minimum Gasteiger partial charge on any atom is -0.494 e. The lowest BCUT2D eigenvalue weighted by molar-refractivity contribution is -0.156. The SMILES string of the molecule is CCCCCCCOc1ccc2nc(CNC34CCC(C(=O)O)(CC3)CC4)ccc2c1. The molecule has 0 amide bonds. The highest BCUT2D eigenvalue weighted by Crippen LogP contribution is 2.52. The molecule has 1 aromatic carbocycles. The topological polar surface area (TPSA) is 71.5 Å². The van der Waals surface area contributed by atoms with Crippen LogP contribution in [0, 0.1) is 5.41 Å². The molecule has 1 aromatic heterocycles. The van der Waals surface area contributed by atoms with E-state index in [4.69, 9.17) is 9.72 Å². The van der Waals surface area contributed by atoms with Crippen molar-refractivity contribution < 1.29 is 14.6 Å². The summed E-state index contributed by atoms with van der Waals surface area (Å²) in [5.41, 5.74) is 1.65. The predicted octanol–water partition coefficient (Wildman–Crippen LogP) is 5.85. The molecule has 2 N–H and O–H groups in total. The third-order valence-corrected chi connectivity index (χ3v) is 7.58. The molecule has 3 fully saturated rings. The maximum Gasteiger partial charge on any atom is 0.309 e. The first-order valence-electron chi connectivity index (χ1n) is 12.1. The number of fused-ring (bicyclic) bond motifs is 4. The van der Waals surface area contributed by atoms with Crippen molar-refractivity contribution in [3.63, 3.8) is 0 Å². The van der Waals surface area contributed by atoms with Gasteiger partial charge in [-0.3, -0.25) is 9.78 Å². The van der Waals surface area contributed by atoms with E-state index >= 15 is 0 Å². The molecule has 0 atom stereocenters. The van der Waals surface area contributed by atoms with Gasteiger partial charge in [0.2, 0.25) is 0 Å². The number of unbranched alkanes of at least 4 members (excludes halogenated alkanes) is 4. The molecular weight excluding hydrogens is 388 g/mol. The van der Waals surface area contributed by atoms with Crippen LogP contribution in [-0.2, 0) is 11.3 Å². The first-order valence-corrected chi connectivity index (χ1v) is 12.1. The summed E-state index contributed by atoms with van der Waals surface area (Å²) in [5, 5.41) is 14.4. The highest BCUT2D eigenvalue weighted by molar-refractivity contribution is 5.80. The van der Waals surface area contributed by atoms with Gasteiger partial charge in [0.1, 0.15) is 5.75 Å². The second-order valence-electron chi connectivity index (χ2n) is 9.64. The van der Waals surface area contributed by atoms with Crippen molar-refractivity contribution in [3.8, 4) is 5.75 Å². The molecule has 0 radical (unpaired) electrons. The molecular formula is C26H36N2O3. The van der Waals surface area contributed by atoms with Crippen LogP contribution < -0.4 is 10.1 Å². The quantitative estimate of drug-likeness (QED) is 0.443. The normalized spacial score (nSPS) is 25.1. The van der Waals surface area contributed by atoms with Crippen LogP contribution in [0.15, 0.2) is 30.3 Å². The highest BCUT2D eigenvalue weighted by atomic mass is 16.5. The molecule has 3 aliphatic carbocycles. The molecule has 0 unspecified atom stereocenters. The van der Waals surface area contributed by atoms with Crippen LogP contribution in [0.25, 0.3) is 10.9 Å².